The number of hydrogen-bond donors (Lipinski definition) is 3. The predicted octanol–water partition coefficient (Wildman–Crippen LogP) is 0.452. The van der Waals surface area contributed by atoms with Crippen molar-refractivity contribution in [1.29, 1.82) is 0 Å². The lowest BCUT2D eigenvalue weighted by Crippen LogP contribution is -2.35. The summed E-state index contributed by atoms with van der Waals surface area (Å²) in [6.07, 6.45) is 0. The third-order valence-corrected chi connectivity index (χ3v) is 3.30. The molecule has 1 amide bonds. The average molecular weight is 239 g/mol. The minimum atomic E-state index is -0.206. The summed E-state index contributed by atoms with van der Waals surface area (Å²) < 4.78 is 0. The largest absolute Gasteiger partial charge is 0.330 e. The van der Waals surface area contributed by atoms with Crippen molar-refractivity contribution in [3.8, 4) is 0 Å². The van der Waals surface area contributed by atoms with Gasteiger partial charge in [-0.1, -0.05) is 30.3 Å². The van der Waals surface area contributed by atoms with E-state index in [4.69, 9.17) is 11.6 Å². The molecule has 1 atom stereocenters. The van der Waals surface area contributed by atoms with Gasteiger partial charge in [0, 0.05) is 18.1 Å². The first kappa shape index (κ1) is 13.0. The van der Waals surface area contributed by atoms with E-state index in [1.165, 1.54) is 0 Å². The standard InChI is InChI=1S/C11H17N3OS/c12-6-7-16-8-10(11(15)14-13)9-4-2-1-3-5-9/h1-5,10H,6-8,12-13H2,(H,14,15). The second kappa shape index (κ2) is 7.27. The molecule has 1 rings (SSSR count). The van der Waals surface area contributed by atoms with E-state index in [9.17, 15) is 4.79 Å². The Morgan fingerprint density at radius 3 is 2.62 bits per heavy atom. The molecule has 16 heavy (non-hydrogen) atoms. The molecular formula is C11H17N3OS. The minimum Gasteiger partial charge on any atom is -0.330 e. The summed E-state index contributed by atoms with van der Waals surface area (Å²) in [4.78, 5) is 11.6. The van der Waals surface area contributed by atoms with Crippen LogP contribution in [0.25, 0.3) is 0 Å². The summed E-state index contributed by atoms with van der Waals surface area (Å²) >= 11 is 1.66. The molecule has 0 radical (unpaired) electrons. The smallest absolute Gasteiger partial charge is 0.242 e. The fourth-order valence-electron chi connectivity index (χ4n) is 1.39. The fourth-order valence-corrected chi connectivity index (χ4v) is 2.31. The van der Waals surface area contributed by atoms with Crippen molar-refractivity contribution in [1.82, 2.24) is 5.43 Å². The van der Waals surface area contributed by atoms with E-state index >= 15 is 0 Å². The summed E-state index contributed by atoms with van der Waals surface area (Å²) in [5.41, 5.74) is 8.60. The number of carbonyl (C=O) groups is 1. The van der Waals surface area contributed by atoms with Gasteiger partial charge < -0.3 is 5.73 Å². The highest BCUT2D eigenvalue weighted by Gasteiger charge is 2.19. The van der Waals surface area contributed by atoms with Gasteiger partial charge in [-0.3, -0.25) is 10.2 Å². The maximum absolute atomic E-state index is 11.6. The number of thioether (sulfide) groups is 1. The summed E-state index contributed by atoms with van der Waals surface area (Å²) in [6, 6.07) is 9.62. The summed E-state index contributed by atoms with van der Waals surface area (Å²) in [7, 11) is 0. The number of hydrazine groups is 1. The Morgan fingerprint density at radius 2 is 2.06 bits per heavy atom. The first-order chi connectivity index (χ1) is 7.79. The molecular weight excluding hydrogens is 222 g/mol. The van der Waals surface area contributed by atoms with Gasteiger partial charge in [0.25, 0.3) is 0 Å². The van der Waals surface area contributed by atoms with Crippen molar-refractivity contribution >= 4 is 17.7 Å². The van der Waals surface area contributed by atoms with Gasteiger partial charge in [-0.25, -0.2) is 5.84 Å². The van der Waals surface area contributed by atoms with Gasteiger partial charge in [0.1, 0.15) is 0 Å². The molecule has 0 aliphatic heterocycles. The Balaban J connectivity index is 2.68. The van der Waals surface area contributed by atoms with Crippen LogP contribution in [0.4, 0.5) is 0 Å². The van der Waals surface area contributed by atoms with Crippen molar-refractivity contribution in [3.63, 3.8) is 0 Å². The molecule has 5 N–H and O–H groups in total. The topological polar surface area (TPSA) is 81.1 Å². The highest BCUT2D eigenvalue weighted by molar-refractivity contribution is 7.99. The molecule has 5 heteroatoms. The number of nitrogens with one attached hydrogen (secondary N) is 1. The van der Waals surface area contributed by atoms with Crippen LogP contribution < -0.4 is 17.0 Å². The minimum absolute atomic E-state index is 0.157. The number of nitrogens with two attached hydrogens (primary N) is 2. The highest BCUT2D eigenvalue weighted by atomic mass is 32.2. The molecule has 88 valence electrons. The van der Waals surface area contributed by atoms with Crippen LogP contribution in [0.2, 0.25) is 0 Å². The van der Waals surface area contributed by atoms with E-state index < -0.39 is 0 Å². The quantitative estimate of drug-likeness (QED) is 0.291. The van der Waals surface area contributed by atoms with Crippen LogP contribution in [-0.2, 0) is 4.79 Å². The lowest BCUT2D eigenvalue weighted by Gasteiger charge is -2.14. The predicted molar refractivity (Wildman–Crippen MR) is 67.9 cm³/mol. The van der Waals surface area contributed by atoms with Crippen LogP contribution in [0.5, 0.6) is 0 Å². The van der Waals surface area contributed by atoms with Gasteiger partial charge >= 0.3 is 0 Å². The molecule has 0 saturated carbocycles. The first-order valence-corrected chi connectivity index (χ1v) is 6.28. The summed E-state index contributed by atoms with van der Waals surface area (Å²) in [5.74, 6) is 6.37. The number of hydrogen-bond acceptors (Lipinski definition) is 4. The average Bonchev–Trinajstić information content (AvgIpc) is 2.35. The van der Waals surface area contributed by atoms with E-state index in [2.05, 4.69) is 5.43 Å². The van der Waals surface area contributed by atoms with Crippen LogP contribution in [0.3, 0.4) is 0 Å². The number of benzene rings is 1. The zero-order chi connectivity index (χ0) is 11.8. The molecule has 0 fully saturated rings. The Bertz CT molecular complexity index is 318. The third-order valence-electron chi connectivity index (χ3n) is 2.21. The van der Waals surface area contributed by atoms with Crippen LogP contribution in [0.15, 0.2) is 30.3 Å². The maximum atomic E-state index is 11.6. The molecule has 0 aliphatic carbocycles. The molecule has 0 bridgehead atoms. The zero-order valence-corrected chi connectivity index (χ0v) is 9.87. The van der Waals surface area contributed by atoms with Crippen molar-refractivity contribution < 1.29 is 4.79 Å². The van der Waals surface area contributed by atoms with Gasteiger partial charge in [0.05, 0.1) is 5.92 Å². The highest BCUT2D eigenvalue weighted by Crippen LogP contribution is 2.20. The van der Waals surface area contributed by atoms with Crippen LogP contribution >= 0.6 is 11.8 Å². The maximum Gasteiger partial charge on any atom is 0.242 e. The Hall–Kier alpha value is -1.04. The van der Waals surface area contributed by atoms with E-state index in [1.54, 1.807) is 11.8 Å². The van der Waals surface area contributed by atoms with Gasteiger partial charge in [0.15, 0.2) is 0 Å². The Labute approximate surface area is 99.7 Å². The molecule has 0 heterocycles. The molecule has 0 aromatic heterocycles. The van der Waals surface area contributed by atoms with E-state index in [0.29, 0.717) is 12.3 Å². The van der Waals surface area contributed by atoms with Crippen LogP contribution in [0.1, 0.15) is 11.5 Å². The number of amides is 1. The molecule has 4 nitrogen and oxygen atoms in total. The molecule has 1 aromatic rings. The van der Waals surface area contributed by atoms with E-state index in [0.717, 1.165) is 11.3 Å². The summed E-state index contributed by atoms with van der Waals surface area (Å²) in [6.45, 7) is 0.621. The molecule has 0 saturated heterocycles. The monoisotopic (exact) mass is 239 g/mol. The van der Waals surface area contributed by atoms with Crippen molar-refractivity contribution in [2.75, 3.05) is 18.1 Å². The van der Waals surface area contributed by atoms with E-state index in [-0.39, 0.29) is 11.8 Å². The van der Waals surface area contributed by atoms with Crippen LogP contribution in [0, 0.1) is 0 Å². The Morgan fingerprint density at radius 1 is 1.38 bits per heavy atom. The van der Waals surface area contributed by atoms with Crippen LogP contribution in [-0.4, -0.2) is 24.0 Å². The summed E-state index contributed by atoms with van der Waals surface area (Å²) in [5, 5.41) is 0. The number of carbonyl (C=O) groups excluding carboxylic acids is 1. The molecule has 0 aliphatic rings. The molecule has 0 spiro atoms. The van der Waals surface area contributed by atoms with Crippen molar-refractivity contribution in [2.45, 2.75) is 5.92 Å². The molecule has 1 unspecified atom stereocenters. The van der Waals surface area contributed by atoms with Gasteiger partial charge in [-0.15, -0.1) is 0 Å². The van der Waals surface area contributed by atoms with Gasteiger partial charge in [-0.2, -0.15) is 11.8 Å². The van der Waals surface area contributed by atoms with E-state index in [1.807, 2.05) is 30.3 Å². The van der Waals surface area contributed by atoms with Crippen molar-refractivity contribution in [3.05, 3.63) is 35.9 Å². The SMILES string of the molecule is NCCSCC(C(=O)NN)c1ccccc1. The lowest BCUT2D eigenvalue weighted by atomic mass is 10.0. The fraction of sp³-hybridized carbons (Fsp3) is 0.364. The second-order valence-electron chi connectivity index (χ2n) is 3.34. The van der Waals surface area contributed by atoms with Gasteiger partial charge in [-0.05, 0) is 5.56 Å². The third kappa shape index (κ3) is 3.84. The molecule has 1 aromatic carbocycles. The zero-order valence-electron chi connectivity index (χ0n) is 9.06. The Kier molecular flexibility index (Phi) is 5.92. The normalized spacial score (nSPS) is 12.1. The van der Waals surface area contributed by atoms with Gasteiger partial charge in [0.2, 0.25) is 5.91 Å². The van der Waals surface area contributed by atoms with Crippen molar-refractivity contribution in [2.24, 2.45) is 11.6 Å². The second-order valence-corrected chi connectivity index (χ2v) is 4.49. The number of rotatable bonds is 6. The first-order valence-electron chi connectivity index (χ1n) is 5.12. The lowest BCUT2D eigenvalue weighted by molar-refractivity contribution is -0.122.